The van der Waals surface area contributed by atoms with E-state index in [2.05, 4.69) is 0 Å². The molecule has 10 nitrogen and oxygen atoms in total. The van der Waals surface area contributed by atoms with Crippen molar-refractivity contribution in [1.29, 1.82) is 0 Å². The molecule has 1 saturated heterocycles. The first kappa shape index (κ1) is 27.8. The van der Waals surface area contributed by atoms with Gasteiger partial charge in [-0.2, -0.15) is 0 Å². The van der Waals surface area contributed by atoms with Crippen molar-refractivity contribution in [2.24, 2.45) is 34.5 Å². The third-order valence-corrected chi connectivity index (χ3v) is 11.8. The minimum absolute atomic E-state index is 0.0253. The Bertz CT molecular complexity index is 1030. The van der Waals surface area contributed by atoms with E-state index >= 15 is 0 Å². The van der Waals surface area contributed by atoms with E-state index in [1.165, 1.54) is 6.08 Å². The number of rotatable bonds is 4. The van der Waals surface area contributed by atoms with Crippen LogP contribution in [0.3, 0.4) is 0 Å². The highest BCUT2D eigenvalue weighted by Crippen LogP contribution is 2.69. The van der Waals surface area contributed by atoms with Crippen LogP contribution in [0.4, 0.5) is 0 Å². The van der Waals surface area contributed by atoms with Gasteiger partial charge in [-0.05, 0) is 75.2 Å². The highest BCUT2D eigenvalue weighted by Gasteiger charge is 2.70. The molecule has 0 aromatic rings. The zero-order valence-corrected chi connectivity index (χ0v) is 22.6. The molecule has 2 heterocycles. The Morgan fingerprint density at radius 3 is 2.49 bits per heavy atom. The molecule has 39 heavy (non-hydrogen) atoms. The number of hydrogen-bond donors (Lipinski definition) is 5. The fourth-order valence-corrected chi connectivity index (χ4v) is 9.82. The number of fused-ring (bicyclic) bond motifs is 5. The van der Waals surface area contributed by atoms with E-state index in [-0.39, 0.29) is 42.8 Å². The standard InChI is InChI=1S/C29H42O10/c1-14-23(33)24(34)25(35)26(38-14)39-17-5-8-28(13-30)16(10-17)3-4-19-18(28)6-7-27(2)22(15-9-21(32)37-12-15)20(31)11-29(19,27)36/h9,13-14,16-20,22-26,31,33-36H,3-8,10-12H2,1-2H3/t14-,16+,17-,18-,19+,20-,22-,23-,24+,25+,26-,27+,28+,29-/m0/s1. The predicted octanol–water partition coefficient (Wildman–Crippen LogP) is 0.606. The molecule has 0 radical (unpaired) electrons. The van der Waals surface area contributed by atoms with E-state index in [1.807, 2.05) is 6.92 Å². The third kappa shape index (κ3) is 3.93. The van der Waals surface area contributed by atoms with Crippen LogP contribution in [0.25, 0.3) is 0 Å². The minimum atomic E-state index is -1.37. The number of carbonyl (C=O) groups is 2. The van der Waals surface area contributed by atoms with Gasteiger partial charge >= 0.3 is 5.97 Å². The Morgan fingerprint density at radius 1 is 1.03 bits per heavy atom. The second-order valence-corrected chi connectivity index (χ2v) is 13.4. The molecule has 4 aliphatic carbocycles. The highest BCUT2D eigenvalue weighted by atomic mass is 16.7. The van der Waals surface area contributed by atoms with Gasteiger partial charge in [0, 0.05) is 29.2 Å². The lowest BCUT2D eigenvalue weighted by Gasteiger charge is -2.63. The molecule has 5 fully saturated rings. The number of hydrogen-bond acceptors (Lipinski definition) is 10. The third-order valence-electron chi connectivity index (χ3n) is 11.8. The summed E-state index contributed by atoms with van der Waals surface area (Å²) in [4.78, 5) is 24.7. The van der Waals surface area contributed by atoms with Gasteiger partial charge in [0.2, 0.25) is 0 Å². The van der Waals surface area contributed by atoms with Gasteiger partial charge in [0.25, 0.3) is 0 Å². The van der Waals surface area contributed by atoms with Crippen molar-refractivity contribution in [2.45, 2.75) is 114 Å². The molecule has 0 amide bonds. The van der Waals surface area contributed by atoms with Crippen LogP contribution in [0.5, 0.6) is 0 Å². The number of aliphatic hydroxyl groups is 5. The van der Waals surface area contributed by atoms with Gasteiger partial charge in [0.05, 0.1) is 23.9 Å². The fraction of sp³-hybridized carbons (Fsp3) is 0.862. The second-order valence-electron chi connectivity index (χ2n) is 13.4. The van der Waals surface area contributed by atoms with Gasteiger partial charge < -0.3 is 44.5 Å². The van der Waals surface area contributed by atoms with Crippen LogP contribution in [0.2, 0.25) is 0 Å². The summed E-state index contributed by atoms with van der Waals surface area (Å²) < 4.78 is 16.9. The first-order valence-electron chi connectivity index (χ1n) is 14.5. The van der Waals surface area contributed by atoms with Crippen LogP contribution >= 0.6 is 0 Å². The number of ether oxygens (including phenoxy) is 3. The van der Waals surface area contributed by atoms with Crippen molar-refractivity contribution in [3.63, 3.8) is 0 Å². The first-order valence-corrected chi connectivity index (χ1v) is 14.5. The molecule has 5 N–H and O–H groups in total. The van der Waals surface area contributed by atoms with Crippen molar-refractivity contribution in [3.05, 3.63) is 11.6 Å². The molecular formula is C29H42O10. The molecule has 0 aromatic heterocycles. The van der Waals surface area contributed by atoms with Crippen molar-refractivity contribution in [3.8, 4) is 0 Å². The number of esters is 1. The Labute approximate surface area is 228 Å². The lowest BCUT2D eigenvalue weighted by atomic mass is 9.43. The van der Waals surface area contributed by atoms with Crippen LogP contribution in [0.15, 0.2) is 11.6 Å². The minimum Gasteiger partial charge on any atom is -0.458 e. The molecule has 4 saturated carbocycles. The lowest BCUT2D eigenvalue weighted by molar-refractivity contribution is -0.309. The van der Waals surface area contributed by atoms with Gasteiger partial charge in [-0.1, -0.05) is 6.92 Å². The molecule has 0 unspecified atom stereocenters. The van der Waals surface area contributed by atoms with Crippen molar-refractivity contribution in [1.82, 2.24) is 0 Å². The van der Waals surface area contributed by atoms with Crippen molar-refractivity contribution < 1.29 is 49.3 Å². The average Bonchev–Trinajstić information content (AvgIpc) is 3.41. The van der Waals surface area contributed by atoms with E-state index in [1.54, 1.807) is 6.92 Å². The summed E-state index contributed by atoms with van der Waals surface area (Å²) in [5, 5.41) is 54.1. The Balaban J connectivity index is 1.21. The van der Waals surface area contributed by atoms with Crippen molar-refractivity contribution >= 4 is 12.3 Å². The van der Waals surface area contributed by atoms with Gasteiger partial charge in [-0.15, -0.1) is 0 Å². The first-order chi connectivity index (χ1) is 18.4. The molecule has 10 heteroatoms. The maximum absolute atomic E-state index is 12.9. The summed E-state index contributed by atoms with van der Waals surface area (Å²) in [5.41, 5.74) is -1.64. The Kier molecular flexibility index (Phi) is 6.81. The fourth-order valence-electron chi connectivity index (χ4n) is 9.82. The summed E-state index contributed by atoms with van der Waals surface area (Å²) in [6.45, 7) is 3.80. The normalized spacial score (nSPS) is 55.2. The molecule has 6 aliphatic rings. The maximum Gasteiger partial charge on any atom is 0.331 e. The van der Waals surface area contributed by atoms with E-state index in [9.17, 15) is 35.1 Å². The second kappa shape index (κ2) is 9.58. The van der Waals surface area contributed by atoms with Crippen LogP contribution in [0.1, 0.15) is 65.2 Å². The van der Waals surface area contributed by atoms with Gasteiger partial charge in [0.15, 0.2) is 6.29 Å². The maximum atomic E-state index is 12.9. The monoisotopic (exact) mass is 550 g/mol. The number of aliphatic hydroxyl groups excluding tert-OH is 4. The van der Waals surface area contributed by atoms with E-state index in [4.69, 9.17) is 14.2 Å². The molecule has 0 aromatic carbocycles. The largest absolute Gasteiger partial charge is 0.458 e. The Morgan fingerprint density at radius 2 is 1.79 bits per heavy atom. The van der Waals surface area contributed by atoms with E-state index in [0.29, 0.717) is 25.7 Å². The highest BCUT2D eigenvalue weighted by molar-refractivity contribution is 5.85. The summed E-state index contributed by atoms with van der Waals surface area (Å²) in [5.74, 6) is -0.892. The average molecular weight is 551 g/mol. The lowest BCUT2D eigenvalue weighted by Crippen LogP contribution is -2.63. The molecule has 6 rings (SSSR count). The molecule has 0 bridgehead atoms. The molecule has 0 spiro atoms. The van der Waals surface area contributed by atoms with Gasteiger partial charge in [-0.25, -0.2) is 4.79 Å². The van der Waals surface area contributed by atoms with Gasteiger partial charge in [0.1, 0.15) is 31.2 Å². The summed E-state index contributed by atoms with van der Waals surface area (Å²) in [6.07, 6.45) is 0.686. The summed E-state index contributed by atoms with van der Waals surface area (Å²) in [7, 11) is 0. The summed E-state index contributed by atoms with van der Waals surface area (Å²) in [6, 6.07) is 0. The quantitative estimate of drug-likeness (QED) is 0.190. The van der Waals surface area contributed by atoms with Crippen LogP contribution in [-0.4, -0.2) is 92.9 Å². The van der Waals surface area contributed by atoms with E-state index in [0.717, 1.165) is 31.1 Å². The molecule has 2 aliphatic heterocycles. The molecule has 14 atom stereocenters. The smallest absolute Gasteiger partial charge is 0.331 e. The topological polar surface area (TPSA) is 163 Å². The van der Waals surface area contributed by atoms with Gasteiger partial charge in [-0.3, -0.25) is 0 Å². The molecule has 218 valence electrons. The Hall–Kier alpha value is -1.40. The summed E-state index contributed by atoms with van der Waals surface area (Å²) >= 11 is 0. The number of carbonyl (C=O) groups excluding carboxylic acids is 2. The predicted molar refractivity (Wildman–Crippen MR) is 135 cm³/mol. The van der Waals surface area contributed by atoms with Crippen LogP contribution in [0, 0.1) is 34.5 Å². The van der Waals surface area contributed by atoms with Crippen LogP contribution < -0.4 is 0 Å². The zero-order valence-electron chi connectivity index (χ0n) is 22.6. The number of cyclic esters (lactones) is 1. The number of aldehydes is 1. The van der Waals surface area contributed by atoms with Crippen LogP contribution in [-0.2, 0) is 23.8 Å². The van der Waals surface area contributed by atoms with Crippen molar-refractivity contribution in [2.75, 3.05) is 6.61 Å². The van der Waals surface area contributed by atoms with E-state index < -0.39 is 59.2 Å². The zero-order chi connectivity index (χ0) is 27.9. The molecular weight excluding hydrogens is 508 g/mol. The SMILES string of the molecule is C[C@@H]1O[C@@H](O[C@H]2CC[C@@]3(C=O)[C@H](CC[C@@H]4[C@@H]3CC[C@]3(C)[C@@H](C5=CC(=O)OC5)[C@@H](O)C[C@]43O)C2)[C@H](O)[C@H](O)[C@H]1O.